The molecule has 3 nitrogen and oxygen atoms in total. The molecule has 1 aliphatic carbocycles. The molecule has 0 aliphatic heterocycles. The molecule has 15 heavy (non-hydrogen) atoms. The van der Waals surface area contributed by atoms with Gasteiger partial charge in [-0.3, -0.25) is 0 Å². The minimum Gasteiger partial charge on any atom is -0.487 e. The average Bonchev–Trinajstić information content (AvgIpc) is 2.92. The Kier molecular flexibility index (Phi) is 3.33. The fraction of sp³-hybridized carbons (Fsp3) is 0.545. The van der Waals surface area contributed by atoms with Crippen molar-refractivity contribution in [1.29, 1.82) is 0 Å². The quantitative estimate of drug-likeness (QED) is 0.631. The summed E-state index contributed by atoms with van der Waals surface area (Å²) in [6.45, 7) is 4.02. The highest BCUT2D eigenvalue weighted by Gasteiger charge is 2.25. The summed E-state index contributed by atoms with van der Waals surface area (Å²) in [7, 11) is 0. The van der Waals surface area contributed by atoms with Crippen LogP contribution in [0.15, 0.2) is 12.3 Å². The van der Waals surface area contributed by atoms with Gasteiger partial charge in [0.05, 0.1) is 18.4 Å². The van der Waals surface area contributed by atoms with Crippen molar-refractivity contribution in [3.05, 3.63) is 16.0 Å². The van der Waals surface area contributed by atoms with E-state index in [1.807, 2.05) is 19.9 Å². The molecule has 0 N–H and O–H groups in total. The Hall–Kier alpha value is -0.520. The van der Waals surface area contributed by atoms with E-state index >= 15 is 0 Å². The van der Waals surface area contributed by atoms with E-state index in [0.29, 0.717) is 6.10 Å². The van der Waals surface area contributed by atoms with E-state index in [1.54, 1.807) is 6.20 Å². The minimum atomic E-state index is 0.157. The van der Waals surface area contributed by atoms with Crippen molar-refractivity contribution in [1.82, 2.24) is 4.98 Å². The van der Waals surface area contributed by atoms with E-state index in [9.17, 15) is 0 Å². The Bertz CT molecular complexity index is 350. The molecule has 1 aromatic rings. The maximum atomic E-state index is 5.72. The molecule has 0 atom stereocenters. The van der Waals surface area contributed by atoms with Gasteiger partial charge in [-0.2, -0.15) is 0 Å². The molecule has 0 spiro atoms. The molecule has 0 saturated heterocycles. The van der Waals surface area contributed by atoms with Crippen LogP contribution in [0.5, 0.6) is 11.5 Å². The van der Waals surface area contributed by atoms with E-state index in [0.717, 1.165) is 28.0 Å². The summed E-state index contributed by atoms with van der Waals surface area (Å²) in [6.07, 6.45) is 4.57. The highest BCUT2D eigenvalue weighted by atomic mass is 127. The monoisotopic (exact) mass is 319 g/mol. The van der Waals surface area contributed by atoms with Crippen molar-refractivity contribution >= 4 is 22.6 Å². The fourth-order valence-electron chi connectivity index (χ4n) is 1.20. The van der Waals surface area contributed by atoms with Crippen LogP contribution in [0.1, 0.15) is 26.7 Å². The molecule has 0 amide bonds. The number of nitrogens with zero attached hydrogens (tertiary/aromatic N) is 1. The molecule has 0 radical (unpaired) electrons. The molecule has 0 unspecified atom stereocenters. The molecule has 2 rings (SSSR count). The molecule has 1 fully saturated rings. The summed E-state index contributed by atoms with van der Waals surface area (Å²) in [6, 6.07) is 1.91. The molecule has 1 aliphatic rings. The molecule has 1 saturated carbocycles. The first-order valence-corrected chi connectivity index (χ1v) is 6.22. The average molecular weight is 319 g/mol. The van der Waals surface area contributed by atoms with Gasteiger partial charge in [-0.15, -0.1) is 0 Å². The zero-order valence-corrected chi connectivity index (χ0v) is 11.0. The van der Waals surface area contributed by atoms with Crippen LogP contribution in [0.25, 0.3) is 0 Å². The lowest BCUT2D eigenvalue weighted by Gasteiger charge is -2.14. The summed E-state index contributed by atoms with van der Waals surface area (Å²) in [5.74, 6) is 1.57. The fourth-order valence-corrected chi connectivity index (χ4v) is 1.62. The first kappa shape index (κ1) is 11.0. The lowest BCUT2D eigenvalue weighted by molar-refractivity contribution is 0.216. The van der Waals surface area contributed by atoms with Crippen LogP contribution in [-0.4, -0.2) is 17.2 Å². The Morgan fingerprint density at radius 1 is 1.40 bits per heavy atom. The standard InChI is InChI=1S/C11H14INO2/c1-7(2)14-9-5-11(12)13-6-10(9)15-8-3-4-8/h5-8H,3-4H2,1-2H3. The molecular weight excluding hydrogens is 305 g/mol. The Morgan fingerprint density at radius 3 is 2.73 bits per heavy atom. The maximum absolute atomic E-state index is 5.72. The second-order valence-corrected chi connectivity index (χ2v) is 5.04. The summed E-state index contributed by atoms with van der Waals surface area (Å²) < 4.78 is 12.3. The number of aromatic nitrogens is 1. The summed E-state index contributed by atoms with van der Waals surface area (Å²) in [5.41, 5.74) is 0. The van der Waals surface area contributed by atoms with Gasteiger partial charge in [-0.25, -0.2) is 4.98 Å². The van der Waals surface area contributed by atoms with Crippen LogP contribution in [0.3, 0.4) is 0 Å². The normalized spacial score (nSPS) is 15.5. The summed E-state index contributed by atoms with van der Waals surface area (Å²) in [4.78, 5) is 4.21. The number of hydrogen-bond donors (Lipinski definition) is 0. The smallest absolute Gasteiger partial charge is 0.179 e. The third-order valence-electron chi connectivity index (χ3n) is 1.98. The van der Waals surface area contributed by atoms with Gasteiger partial charge in [0.1, 0.15) is 3.70 Å². The Labute approximate surface area is 103 Å². The number of halogens is 1. The number of pyridine rings is 1. The topological polar surface area (TPSA) is 31.4 Å². The van der Waals surface area contributed by atoms with Crippen molar-refractivity contribution in [3.63, 3.8) is 0 Å². The highest BCUT2D eigenvalue weighted by Crippen LogP contribution is 2.34. The molecule has 1 aromatic heterocycles. The lowest BCUT2D eigenvalue weighted by atomic mass is 10.4. The third kappa shape index (κ3) is 3.22. The lowest BCUT2D eigenvalue weighted by Crippen LogP contribution is -2.08. The van der Waals surface area contributed by atoms with Gasteiger partial charge < -0.3 is 9.47 Å². The molecule has 82 valence electrons. The SMILES string of the molecule is CC(C)Oc1cc(I)ncc1OC1CC1. The van der Waals surface area contributed by atoms with E-state index in [-0.39, 0.29) is 6.10 Å². The van der Waals surface area contributed by atoms with Gasteiger partial charge in [0.25, 0.3) is 0 Å². The van der Waals surface area contributed by atoms with Gasteiger partial charge in [-0.05, 0) is 49.3 Å². The predicted octanol–water partition coefficient (Wildman–Crippen LogP) is 3.01. The molecule has 1 heterocycles. The van der Waals surface area contributed by atoms with Crippen LogP contribution in [-0.2, 0) is 0 Å². The third-order valence-corrected chi connectivity index (χ3v) is 2.57. The van der Waals surface area contributed by atoms with Gasteiger partial charge in [0, 0.05) is 6.07 Å². The molecule has 4 heteroatoms. The largest absolute Gasteiger partial charge is 0.487 e. The van der Waals surface area contributed by atoms with E-state index in [1.165, 1.54) is 0 Å². The van der Waals surface area contributed by atoms with Gasteiger partial charge in [0.2, 0.25) is 0 Å². The van der Waals surface area contributed by atoms with Crippen molar-refractivity contribution in [3.8, 4) is 11.5 Å². The molecule has 0 bridgehead atoms. The summed E-state index contributed by atoms with van der Waals surface area (Å²) >= 11 is 2.17. The molecule has 0 aromatic carbocycles. The summed E-state index contributed by atoms with van der Waals surface area (Å²) in [5, 5.41) is 0. The zero-order valence-electron chi connectivity index (χ0n) is 8.87. The first-order valence-electron chi connectivity index (χ1n) is 5.14. The van der Waals surface area contributed by atoms with E-state index in [2.05, 4.69) is 27.6 Å². The zero-order chi connectivity index (χ0) is 10.8. The van der Waals surface area contributed by atoms with Crippen molar-refractivity contribution in [2.45, 2.75) is 38.9 Å². The van der Waals surface area contributed by atoms with E-state index in [4.69, 9.17) is 9.47 Å². The van der Waals surface area contributed by atoms with Gasteiger partial charge in [0.15, 0.2) is 11.5 Å². The van der Waals surface area contributed by atoms with Crippen LogP contribution in [0.4, 0.5) is 0 Å². The number of ether oxygens (including phenoxy) is 2. The highest BCUT2D eigenvalue weighted by molar-refractivity contribution is 14.1. The Balaban J connectivity index is 2.17. The van der Waals surface area contributed by atoms with E-state index < -0.39 is 0 Å². The Morgan fingerprint density at radius 2 is 2.13 bits per heavy atom. The van der Waals surface area contributed by atoms with Crippen LogP contribution < -0.4 is 9.47 Å². The maximum Gasteiger partial charge on any atom is 0.179 e. The van der Waals surface area contributed by atoms with Crippen molar-refractivity contribution < 1.29 is 9.47 Å². The van der Waals surface area contributed by atoms with Crippen molar-refractivity contribution in [2.75, 3.05) is 0 Å². The first-order chi connectivity index (χ1) is 7.15. The van der Waals surface area contributed by atoms with Crippen molar-refractivity contribution in [2.24, 2.45) is 0 Å². The number of hydrogen-bond acceptors (Lipinski definition) is 3. The second kappa shape index (κ2) is 4.55. The van der Waals surface area contributed by atoms with Crippen LogP contribution in [0.2, 0.25) is 0 Å². The molecular formula is C11H14INO2. The minimum absolute atomic E-state index is 0.157. The van der Waals surface area contributed by atoms with Crippen LogP contribution >= 0.6 is 22.6 Å². The number of rotatable bonds is 4. The van der Waals surface area contributed by atoms with Gasteiger partial charge >= 0.3 is 0 Å². The van der Waals surface area contributed by atoms with Gasteiger partial charge in [-0.1, -0.05) is 0 Å². The second-order valence-electron chi connectivity index (χ2n) is 3.94. The van der Waals surface area contributed by atoms with Crippen LogP contribution in [0, 0.1) is 3.70 Å². The predicted molar refractivity (Wildman–Crippen MR) is 66.4 cm³/mol.